The Morgan fingerprint density at radius 2 is 2.05 bits per heavy atom. The van der Waals surface area contributed by atoms with Gasteiger partial charge in [-0.2, -0.15) is 5.10 Å². The van der Waals surface area contributed by atoms with Gasteiger partial charge in [0.05, 0.1) is 13.3 Å². The van der Waals surface area contributed by atoms with E-state index in [0.717, 1.165) is 37.3 Å². The zero-order valence-electron chi connectivity index (χ0n) is 13.2. The van der Waals surface area contributed by atoms with Crippen LogP contribution in [-0.4, -0.2) is 22.0 Å². The molecule has 0 saturated heterocycles. The summed E-state index contributed by atoms with van der Waals surface area (Å²) < 4.78 is 7.29. The summed E-state index contributed by atoms with van der Waals surface area (Å²) in [4.78, 5) is 0. The summed E-state index contributed by atoms with van der Waals surface area (Å²) in [7, 11) is 1.65. The summed E-state index contributed by atoms with van der Waals surface area (Å²) >= 11 is 0. The van der Waals surface area contributed by atoms with Gasteiger partial charge in [0.1, 0.15) is 11.8 Å². The molecule has 2 rings (SSSR count). The van der Waals surface area contributed by atoms with Crippen LogP contribution in [0, 0.1) is 11.3 Å². The molecule has 1 N–H and O–H groups in total. The van der Waals surface area contributed by atoms with Crippen molar-refractivity contribution in [3.8, 4) is 5.75 Å². The van der Waals surface area contributed by atoms with E-state index in [-0.39, 0.29) is 5.41 Å². The number of aliphatic hydroxyl groups excluding tert-OH is 1. The van der Waals surface area contributed by atoms with E-state index in [0.29, 0.717) is 5.92 Å². The molecular weight excluding hydrogens is 252 g/mol. The summed E-state index contributed by atoms with van der Waals surface area (Å²) in [5.41, 5.74) is 0.853. The number of methoxy groups -OCH3 is 1. The average molecular weight is 280 g/mol. The third-order valence-electron chi connectivity index (χ3n) is 4.62. The monoisotopic (exact) mass is 280 g/mol. The fraction of sp³-hybridized carbons (Fsp3) is 0.812. The largest absolute Gasteiger partial charge is 0.493 e. The predicted octanol–water partition coefficient (Wildman–Crippen LogP) is 3.55. The van der Waals surface area contributed by atoms with E-state index >= 15 is 0 Å². The summed E-state index contributed by atoms with van der Waals surface area (Å²) in [5, 5.41) is 15.4. The lowest BCUT2D eigenvalue weighted by Crippen LogP contribution is -2.29. The number of rotatable bonds is 6. The molecular formula is C16H28N2O2. The molecule has 1 saturated carbocycles. The van der Waals surface area contributed by atoms with Gasteiger partial charge in [0.25, 0.3) is 0 Å². The summed E-state index contributed by atoms with van der Waals surface area (Å²) in [5.74, 6) is 1.31. The molecule has 20 heavy (non-hydrogen) atoms. The highest BCUT2D eigenvalue weighted by molar-refractivity contribution is 5.29. The molecule has 0 spiro atoms. The van der Waals surface area contributed by atoms with Crippen molar-refractivity contribution >= 4 is 0 Å². The second-order valence-electron chi connectivity index (χ2n) is 6.48. The van der Waals surface area contributed by atoms with Crippen molar-refractivity contribution in [1.29, 1.82) is 0 Å². The van der Waals surface area contributed by atoms with Crippen molar-refractivity contribution in [3.05, 3.63) is 11.9 Å². The van der Waals surface area contributed by atoms with Gasteiger partial charge < -0.3 is 9.84 Å². The smallest absolute Gasteiger partial charge is 0.162 e. The van der Waals surface area contributed by atoms with Crippen LogP contribution in [0.3, 0.4) is 0 Å². The van der Waals surface area contributed by atoms with Crippen LogP contribution in [0.2, 0.25) is 0 Å². The molecule has 0 aliphatic heterocycles. The second kappa shape index (κ2) is 6.17. The number of hydrogen-bond acceptors (Lipinski definition) is 3. The molecule has 0 bridgehead atoms. The van der Waals surface area contributed by atoms with E-state index < -0.39 is 6.10 Å². The van der Waals surface area contributed by atoms with Crippen molar-refractivity contribution in [2.45, 2.75) is 65.5 Å². The van der Waals surface area contributed by atoms with E-state index in [4.69, 9.17) is 4.74 Å². The molecule has 114 valence electrons. The van der Waals surface area contributed by atoms with Crippen LogP contribution in [0.5, 0.6) is 5.75 Å². The molecule has 4 heteroatoms. The molecule has 1 aliphatic carbocycles. The molecule has 1 atom stereocenters. The van der Waals surface area contributed by atoms with Crippen LogP contribution < -0.4 is 4.74 Å². The maximum Gasteiger partial charge on any atom is 0.162 e. The van der Waals surface area contributed by atoms with Gasteiger partial charge in [-0.05, 0) is 32.1 Å². The normalized spacial score (nSPS) is 19.5. The van der Waals surface area contributed by atoms with Gasteiger partial charge in [0.2, 0.25) is 0 Å². The Morgan fingerprint density at radius 3 is 2.55 bits per heavy atom. The highest BCUT2D eigenvalue weighted by Crippen LogP contribution is 2.52. The van der Waals surface area contributed by atoms with Crippen LogP contribution in [0.4, 0.5) is 0 Å². The number of hydrogen-bond donors (Lipinski definition) is 1. The van der Waals surface area contributed by atoms with Crippen LogP contribution in [0.15, 0.2) is 6.20 Å². The molecule has 0 amide bonds. The number of ether oxygens (including phenoxy) is 1. The number of nitrogens with zero attached hydrogens (tertiary/aromatic N) is 2. The van der Waals surface area contributed by atoms with Crippen molar-refractivity contribution in [2.75, 3.05) is 7.11 Å². The van der Waals surface area contributed by atoms with Gasteiger partial charge in [-0.15, -0.1) is 0 Å². The van der Waals surface area contributed by atoms with E-state index in [1.54, 1.807) is 13.3 Å². The minimum absolute atomic E-state index is 0.00556. The summed E-state index contributed by atoms with van der Waals surface area (Å²) in [6, 6.07) is 0. The van der Waals surface area contributed by atoms with Gasteiger partial charge in [0, 0.05) is 12.0 Å². The lowest BCUT2D eigenvalue weighted by atomic mass is 9.73. The Balaban J connectivity index is 2.36. The topological polar surface area (TPSA) is 47.3 Å². The fourth-order valence-corrected chi connectivity index (χ4v) is 3.83. The van der Waals surface area contributed by atoms with Crippen molar-refractivity contribution < 1.29 is 9.84 Å². The Morgan fingerprint density at radius 1 is 1.40 bits per heavy atom. The molecule has 0 aromatic carbocycles. The van der Waals surface area contributed by atoms with E-state index in [2.05, 4.69) is 18.9 Å². The minimum Gasteiger partial charge on any atom is -0.493 e. The first-order valence-electron chi connectivity index (χ1n) is 7.82. The summed E-state index contributed by atoms with van der Waals surface area (Å²) in [6.45, 7) is 7.28. The molecule has 1 aromatic heterocycles. The molecule has 1 aliphatic rings. The van der Waals surface area contributed by atoms with E-state index in [1.807, 2.05) is 11.6 Å². The Bertz CT molecular complexity index is 412. The van der Waals surface area contributed by atoms with E-state index in [1.165, 1.54) is 12.8 Å². The Kier molecular flexibility index (Phi) is 4.74. The maximum absolute atomic E-state index is 11.1. The van der Waals surface area contributed by atoms with Crippen LogP contribution in [-0.2, 0) is 6.54 Å². The van der Waals surface area contributed by atoms with Crippen molar-refractivity contribution in [2.24, 2.45) is 11.3 Å². The third kappa shape index (κ3) is 2.71. The first-order valence-corrected chi connectivity index (χ1v) is 7.82. The lowest BCUT2D eigenvalue weighted by Gasteiger charge is -2.36. The van der Waals surface area contributed by atoms with Gasteiger partial charge in [-0.3, -0.25) is 4.68 Å². The van der Waals surface area contributed by atoms with Gasteiger partial charge in [0.15, 0.2) is 5.75 Å². The zero-order valence-corrected chi connectivity index (χ0v) is 13.2. The zero-order chi connectivity index (χ0) is 14.8. The Labute approximate surface area is 122 Å². The molecule has 1 unspecified atom stereocenters. The molecule has 4 nitrogen and oxygen atoms in total. The maximum atomic E-state index is 11.1. The quantitative estimate of drug-likeness (QED) is 0.867. The average Bonchev–Trinajstić information content (AvgIpc) is 3.03. The number of aryl methyl sites for hydroxylation is 1. The Hall–Kier alpha value is -1.03. The third-order valence-corrected chi connectivity index (χ3v) is 4.62. The SMILES string of the molecule is CCn1ncc(OC)c1C(O)C1(CC(C)C)CCCC1. The van der Waals surface area contributed by atoms with Crippen molar-refractivity contribution in [1.82, 2.24) is 9.78 Å². The van der Waals surface area contributed by atoms with Gasteiger partial charge in [-0.1, -0.05) is 26.7 Å². The van der Waals surface area contributed by atoms with Gasteiger partial charge >= 0.3 is 0 Å². The molecule has 0 radical (unpaired) electrons. The van der Waals surface area contributed by atoms with Crippen molar-refractivity contribution in [3.63, 3.8) is 0 Å². The highest BCUT2D eigenvalue weighted by atomic mass is 16.5. The summed E-state index contributed by atoms with van der Waals surface area (Å²) in [6.07, 6.45) is 6.93. The minimum atomic E-state index is -0.482. The van der Waals surface area contributed by atoms with Crippen LogP contribution in [0.1, 0.15) is 64.7 Å². The van der Waals surface area contributed by atoms with E-state index in [9.17, 15) is 5.11 Å². The second-order valence-corrected chi connectivity index (χ2v) is 6.48. The van der Waals surface area contributed by atoms with Crippen LogP contribution >= 0.6 is 0 Å². The lowest BCUT2D eigenvalue weighted by molar-refractivity contribution is 0.00347. The standard InChI is InChI=1S/C16H28N2O2/c1-5-18-14(13(20-4)11-17-18)15(19)16(10-12(2)3)8-6-7-9-16/h11-12,15,19H,5-10H2,1-4H3. The first kappa shape index (κ1) is 15.4. The van der Waals surface area contributed by atoms with Crippen LogP contribution in [0.25, 0.3) is 0 Å². The predicted molar refractivity (Wildman–Crippen MR) is 79.8 cm³/mol. The highest BCUT2D eigenvalue weighted by Gasteiger charge is 2.44. The number of aliphatic hydroxyl groups is 1. The molecule has 1 heterocycles. The first-order chi connectivity index (χ1) is 9.54. The molecule has 1 fully saturated rings. The molecule has 1 aromatic rings. The fourth-order valence-electron chi connectivity index (χ4n) is 3.83. The van der Waals surface area contributed by atoms with Gasteiger partial charge in [-0.25, -0.2) is 0 Å². The number of aromatic nitrogens is 2.